The number of hydrogen-bond acceptors (Lipinski definition) is 4. The smallest absolute Gasteiger partial charge is 0.157 e. The first-order valence-corrected chi connectivity index (χ1v) is 5.15. The summed E-state index contributed by atoms with van der Waals surface area (Å²) in [5.41, 5.74) is 23.9. The van der Waals surface area contributed by atoms with Crippen LogP contribution in [0, 0.1) is 10.8 Å². The lowest BCUT2D eigenvalue weighted by atomic mass is 9.64. The molecule has 4 nitrogen and oxygen atoms in total. The fourth-order valence-corrected chi connectivity index (χ4v) is 1.22. The first kappa shape index (κ1) is 14.4. The van der Waals surface area contributed by atoms with Crippen LogP contribution in [-0.4, -0.2) is 5.79 Å². The predicted molar refractivity (Wildman–Crippen MR) is 65.4 cm³/mol. The standard InChI is InChI=1S/C11H26N4/c1-7(8(12)11(13,14)15)10(5,6)9(2,3)4/h12-15H2,1-6H3. The molecule has 15 heavy (non-hydrogen) atoms. The van der Waals surface area contributed by atoms with Crippen molar-refractivity contribution in [3.8, 4) is 0 Å². The van der Waals surface area contributed by atoms with Crippen LogP contribution in [-0.2, 0) is 0 Å². The summed E-state index contributed by atoms with van der Waals surface area (Å²) < 4.78 is 0. The van der Waals surface area contributed by atoms with Gasteiger partial charge in [-0.25, -0.2) is 0 Å². The SMILES string of the molecule is CC(=C(N)C(N)(N)N)C(C)(C)C(C)(C)C. The summed E-state index contributed by atoms with van der Waals surface area (Å²) in [6.07, 6.45) is 0. The van der Waals surface area contributed by atoms with Crippen LogP contribution in [0.25, 0.3) is 0 Å². The van der Waals surface area contributed by atoms with Crippen LogP contribution in [0.3, 0.4) is 0 Å². The van der Waals surface area contributed by atoms with Crippen LogP contribution in [0.4, 0.5) is 0 Å². The molecule has 0 unspecified atom stereocenters. The van der Waals surface area contributed by atoms with E-state index in [-0.39, 0.29) is 10.8 Å². The quantitative estimate of drug-likeness (QED) is 0.511. The minimum Gasteiger partial charge on any atom is -0.398 e. The number of rotatable bonds is 2. The molecule has 0 fully saturated rings. The van der Waals surface area contributed by atoms with Gasteiger partial charge in [0.1, 0.15) is 0 Å². The monoisotopic (exact) mass is 214 g/mol. The summed E-state index contributed by atoms with van der Waals surface area (Å²) in [6.45, 7) is 12.6. The summed E-state index contributed by atoms with van der Waals surface area (Å²) in [5.74, 6) is -1.44. The summed E-state index contributed by atoms with van der Waals surface area (Å²) in [5, 5.41) is 0. The average molecular weight is 214 g/mol. The van der Waals surface area contributed by atoms with Crippen LogP contribution in [0.2, 0.25) is 0 Å². The molecule has 4 heteroatoms. The minimum absolute atomic E-state index is 0.0625. The Morgan fingerprint density at radius 2 is 1.20 bits per heavy atom. The predicted octanol–water partition coefficient (Wildman–Crippen LogP) is 0.821. The maximum Gasteiger partial charge on any atom is 0.157 e. The third-order valence-corrected chi connectivity index (χ3v) is 3.68. The van der Waals surface area contributed by atoms with Crippen molar-refractivity contribution in [1.82, 2.24) is 0 Å². The zero-order valence-corrected chi connectivity index (χ0v) is 10.8. The molecule has 0 aliphatic rings. The normalized spacial score (nSPS) is 16.3. The Morgan fingerprint density at radius 3 is 1.40 bits per heavy atom. The van der Waals surface area contributed by atoms with Gasteiger partial charge >= 0.3 is 0 Å². The van der Waals surface area contributed by atoms with Crippen LogP contribution >= 0.6 is 0 Å². The number of hydrogen-bond donors (Lipinski definition) is 4. The highest BCUT2D eigenvalue weighted by atomic mass is 15.1. The van der Waals surface area contributed by atoms with E-state index in [0.717, 1.165) is 5.57 Å². The molecule has 0 aliphatic heterocycles. The van der Waals surface area contributed by atoms with Gasteiger partial charge in [-0.15, -0.1) is 0 Å². The lowest BCUT2D eigenvalue weighted by Gasteiger charge is -2.42. The second kappa shape index (κ2) is 3.77. The molecular weight excluding hydrogens is 188 g/mol. The maximum atomic E-state index is 5.88. The topological polar surface area (TPSA) is 104 Å². The van der Waals surface area contributed by atoms with Gasteiger partial charge in [-0.3, -0.25) is 17.2 Å². The molecule has 0 saturated carbocycles. The second-order valence-electron chi connectivity index (χ2n) is 5.85. The summed E-state index contributed by atoms with van der Waals surface area (Å²) in [7, 11) is 0. The fraction of sp³-hybridized carbons (Fsp3) is 0.818. The van der Waals surface area contributed by atoms with E-state index < -0.39 is 5.79 Å². The molecule has 0 aromatic carbocycles. The van der Waals surface area contributed by atoms with Crippen molar-refractivity contribution < 1.29 is 0 Å². The van der Waals surface area contributed by atoms with E-state index in [4.69, 9.17) is 22.9 Å². The Kier molecular flexibility index (Phi) is 3.63. The van der Waals surface area contributed by atoms with Crippen molar-refractivity contribution in [2.24, 2.45) is 33.8 Å². The molecule has 8 N–H and O–H groups in total. The fourth-order valence-electron chi connectivity index (χ4n) is 1.22. The van der Waals surface area contributed by atoms with E-state index in [1.165, 1.54) is 0 Å². The van der Waals surface area contributed by atoms with Gasteiger partial charge in [-0.1, -0.05) is 34.6 Å². The van der Waals surface area contributed by atoms with Crippen molar-refractivity contribution in [2.75, 3.05) is 0 Å². The molecule has 0 spiro atoms. The molecule has 0 aliphatic carbocycles. The zero-order valence-electron chi connectivity index (χ0n) is 10.8. The Morgan fingerprint density at radius 1 is 0.867 bits per heavy atom. The minimum atomic E-state index is -1.44. The third kappa shape index (κ3) is 2.93. The highest BCUT2D eigenvalue weighted by molar-refractivity contribution is 5.25. The van der Waals surface area contributed by atoms with E-state index >= 15 is 0 Å². The third-order valence-electron chi connectivity index (χ3n) is 3.68. The van der Waals surface area contributed by atoms with Gasteiger partial charge in [-0.2, -0.15) is 0 Å². The van der Waals surface area contributed by atoms with E-state index in [0.29, 0.717) is 5.70 Å². The molecule has 0 amide bonds. The second-order valence-corrected chi connectivity index (χ2v) is 5.85. The summed E-state index contributed by atoms with van der Waals surface area (Å²) >= 11 is 0. The van der Waals surface area contributed by atoms with Gasteiger partial charge < -0.3 is 5.73 Å². The average Bonchev–Trinajstić information content (AvgIpc) is 1.97. The van der Waals surface area contributed by atoms with Crippen molar-refractivity contribution in [1.29, 1.82) is 0 Å². The van der Waals surface area contributed by atoms with Crippen molar-refractivity contribution in [3.05, 3.63) is 11.3 Å². The highest BCUT2D eigenvalue weighted by Gasteiger charge is 2.37. The molecule has 0 aromatic heterocycles. The molecule has 0 saturated heterocycles. The first-order chi connectivity index (χ1) is 6.32. The number of allylic oxidation sites excluding steroid dienone is 1. The Balaban J connectivity index is 5.44. The lowest BCUT2D eigenvalue weighted by Crippen LogP contribution is -2.62. The van der Waals surface area contributed by atoms with Gasteiger partial charge in [0.25, 0.3) is 0 Å². The van der Waals surface area contributed by atoms with E-state index in [1.54, 1.807) is 0 Å². The van der Waals surface area contributed by atoms with Crippen LogP contribution in [0.15, 0.2) is 11.3 Å². The van der Waals surface area contributed by atoms with Gasteiger partial charge in [0.2, 0.25) is 0 Å². The van der Waals surface area contributed by atoms with Gasteiger partial charge in [0.15, 0.2) is 5.79 Å². The van der Waals surface area contributed by atoms with Crippen molar-refractivity contribution in [3.63, 3.8) is 0 Å². The molecule has 0 bridgehead atoms. The van der Waals surface area contributed by atoms with E-state index in [1.807, 2.05) is 6.92 Å². The summed E-state index contributed by atoms with van der Waals surface area (Å²) in [4.78, 5) is 0. The molecule has 90 valence electrons. The molecule has 0 heterocycles. The Hall–Kier alpha value is -0.580. The van der Waals surface area contributed by atoms with Gasteiger partial charge in [0.05, 0.1) is 5.70 Å². The molecule has 0 aromatic rings. The van der Waals surface area contributed by atoms with E-state index in [2.05, 4.69) is 34.6 Å². The molecule has 0 radical (unpaired) electrons. The highest BCUT2D eigenvalue weighted by Crippen LogP contribution is 2.44. The molecular formula is C11H26N4. The first-order valence-electron chi connectivity index (χ1n) is 5.15. The van der Waals surface area contributed by atoms with E-state index in [9.17, 15) is 0 Å². The van der Waals surface area contributed by atoms with Crippen LogP contribution in [0.1, 0.15) is 41.5 Å². The van der Waals surface area contributed by atoms with Crippen molar-refractivity contribution >= 4 is 0 Å². The van der Waals surface area contributed by atoms with Crippen LogP contribution < -0.4 is 22.9 Å². The molecule has 0 rings (SSSR count). The Bertz CT molecular complexity index is 263. The molecule has 0 atom stereocenters. The van der Waals surface area contributed by atoms with Gasteiger partial charge in [-0.05, 0) is 23.3 Å². The summed E-state index contributed by atoms with van der Waals surface area (Å²) in [6, 6.07) is 0. The van der Waals surface area contributed by atoms with Crippen LogP contribution in [0.5, 0.6) is 0 Å². The lowest BCUT2D eigenvalue weighted by molar-refractivity contribution is 0.173. The largest absolute Gasteiger partial charge is 0.398 e. The maximum absolute atomic E-state index is 5.88. The zero-order chi connectivity index (χ0) is 12.7. The number of nitrogens with two attached hydrogens (primary N) is 4. The van der Waals surface area contributed by atoms with Gasteiger partial charge in [0, 0.05) is 0 Å². The Labute approximate surface area is 93.1 Å². The van der Waals surface area contributed by atoms with Crippen molar-refractivity contribution in [2.45, 2.75) is 47.3 Å².